The van der Waals surface area contributed by atoms with Gasteiger partial charge in [-0.25, -0.2) is 8.42 Å². The molecular weight excluding hydrogens is 372 g/mol. The summed E-state index contributed by atoms with van der Waals surface area (Å²) >= 11 is 0. The van der Waals surface area contributed by atoms with Crippen LogP contribution in [0.15, 0.2) is 53.4 Å². The maximum atomic E-state index is 12.6. The van der Waals surface area contributed by atoms with Crippen molar-refractivity contribution in [2.24, 2.45) is 5.92 Å². The number of nitriles is 1. The van der Waals surface area contributed by atoms with E-state index in [-0.39, 0.29) is 24.3 Å². The van der Waals surface area contributed by atoms with Crippen LogP contribution in [-0.2, 0) is 14.6 Å². The summed E-state index contributed by atoms with van der Waals surface area (Å²) in [7, 11) is -3.24. The maximum absolute atomic E-state index is 12.6. The summed E-state index contributed by atoms with van der Waals surface area (Å²) in [5.41, 5.74) is 3.06. The van der Waals surface area contributed by atoms with Gasteiger partial charge in [0.1, 0.15) is 6.54 Å². The van der Waals surface area contributed by atoms with Gasteiger partial charge in [0.25, 0.3) is 0 Å². The fourth-order valence-corrected chi connectivity index (χ4v) is 4.67. The van der Waals surface area contributed by atoms with Crippen molar-refractivity contribution in [1.82, 2.24) is 5.32 Å². The highest BCUT2D eigenvalue weighted by Crippen LogP contribution is 2.42. The number of rotatable bonds is 5. The van der Waals surface area contributed by atoms with Crippen LogP contribution in [0.4, 0.5) is 0 Å². The number of nitrogens with one attached hydrogen (secondary N) is 1. The van der Waals surface area contributed by atoms with Gasteiger partial charge in [-0.2, -0.15) is 5.26 Å². The molecule has 2 atom stereocenters. The molecule has 1 saturated carbocycles. The van der Waals surface area contributed by atoms with E-state index in [1.165, 1.54) is 6.26 Å². The summed E-state index contributed by atoms with van der Waals surface area (Å²) in [5, 5.41) is 11.5. The zero-order chi connectivity index (χ0) is 20.1. The van der Waals surface area contributed by atoms with Crippen LogP contribution >= 0.6 is 0 Å². The molecule has 0 bridgehead atoms. The molecule has 28 heavy (non-hydrogen) atoms. The predicted molar refractivity (Wildman–Crippen MR) is 108 cm³/mol. The standard InChI is InChI=1S/C22H24N2O3S/c1-28(26,27)17-12-10-16(11-13-17)18-6-2-3-7-19(18)20-8-4-5-9-21(20)22(25)24-15-14-23/h2-3,6-7,10-13,20-21H,4-5,8-9,15H2,1H3,(H,24,25). The Hall–Kier alpha value is -2.65. The second-order valence-corrected chi connectivity index (χ2v) is 9.27. The molecule has 1 aliphatic carbocycles. The zero-order valence-corrected chi connectivity index (χ0v) is 16.7. The lowest BCUT2D eigenvalue weighted by atomic mass is 9.73. The van der Waals surface area contributed by atoms with Crippen LogP contribution in [0, 0.1) is 17.2 Å². The average molecular weight is 397 g/mol. The van der Waals surface area contributed by atoms with E-state index in [1.54, 1.807) is 12.1 Å². The van der Waals surface area contributed by atoms with E-state index in [4.69, 9.17) is 5.26 Å². The van der Waals surface area contributed by atoms with Crippen LogP contribution in [0.3, 0.4) is 0 Å². The summed E-state index contributed by atoms with van der Waals surface area (Å²) in [6.45, 7) is 0.0245. The molecule has 0 radical (unpaired) electrons. The largest absolute Gasteiger partial charge is 0.343 e. The van der Waals surface area contributed by atoms with Crippen LogP contribution < -0.4 is 5.32 Å². The first-order valence-corrected chi connectivity index (χ1v) is 11.3. The van der Waals surface area contributed by atoms with Gasteiger partial charge in [0, 0.05) is 12.2 Å². The molecule has 2 aromatic rings. The Kier molecular flexibility index (Phi) is 6.15. The number of nitrogens with zero attached hydrogens (tertiary/aromatic N) is 1. The molecule has 6 heteroatoms. The monoisotopic (exact) mass is 396 g/mol. The van der Waals surface area contributed by atoms with Crippen molar-refractivity contribution >= 4 is 15.7 Å². The van der Waals surface area contributed by atoms with Crippen molar-refractivity contribution in [2.45, 2.75) is 36.5 Å². The summed E-state index contributed by atoms with van der Waals surface area (Å²) in [5.74, 6) is -0.134. The summed E-state index contributed by atoms with van der Waals surface area (Å²) in [4.78, 5) is 12.9. The van der Waals surface area contributed by atoms with Gasteiger partial charge < -0.3 is 5.32 Å². The molecule has 0 saturated heterocycles. The molecule has 5 nitrogen and oxygen atoms in total. The van der Waals surface area contributed by atoms with Gasteiger partial charge in [-0.1, -0.05) is 49.2 Å². The number of carbonyl (C=O) groups excluding carboxylic acids is 1. The number of hydrogen-bond donors (Lipinski definition) is 1. The molecule has 2 aromatic carbocycles. The van der Waals surface area contributed by atoms with Gasteiger partial charge in [-0.15, -0.1) is 0 Å². The minimum absolute atomic E-state index is 0.0245. The van der Waals surface area contributed by atoms with Crippen molar-refractivity contribution in [3.63, 3.8) is 0 Å². The minimum atomic E-state index is -3.24. The summed E-state index contributed by atoms with van der Waals surface area (Å²) < 4.78 is 23.5. The number of carbonyl (C=O) groups is 1. The molecule has 1 amide bonds. The average Bonchev–Trinajstić information content (AvgIpc) is 2.71. The molecule has 0 aromatic heterocycles. The predicted octanol–water partition coefficient (Wildman–Crippen LogP) is 3.67. The molecule has 3 rings (SSSR count). The third-order valence-electron chi connectivity index (χ3n) is 5.40. The van der Waals surface area contributed by atoms with Crippen molar-refractivity contribution in [3.8, 4) is 17.2 Å². The zero-order valence-electron chi connectivity index (χ0n) is 15.9. The third kappa shape index (κ3) is 4.42. The lowest BCUT2D eigenvalue weighted by Gasteiger charge is -2.32. The highest BCUT2D eigenvalue weighted by molar-refractivity contribution is 7.90. The van der Waals surface area contributed by atoms with Crippen molar-refractivity contribution in [1.29, 1.82) is 5.26 Å². The van der Waals surface area contributed by atoms with Crippen LogP contribution in [-0.4, -0.2) is 27.1 Å². The topological polar surface area (TPSA) is 87.0 Å². The molecule has 0 spiro atoms. The Morgan fingerprint density at radius 2 is 1.79 bits per heavy atom. The van der Waals surface area contributed by atoms with E-state index in [1.807, 2.05) is 36.4 Å². The van der Waals surface area contributed by atoms with Gasteiger partial charge in [0.2, 0.25) is 5.91 Å². The molecule has 0 heterocycles. The van der Waals surface area contributed by atoms with Crippen molar-refractivity contribution in [2.75, 3.05) is 12.8 Å². The summed E-state index contributed by atoms with van der Waals surface area (Å²) in [6.07, 6.45) is 5.00. The molecule has 2 unspecified atom stereocenters. The Balaban J connectivity index is 1.96. The van der Waals surface area contributed by atoms with Crippen molar-refractivity contribution < 1.29 is 13.2 Å². The highest BCUT2D eigenvalue weighted by Gasteiger charge is 2.33. The molecule has 1 fully saturated rings. The second kappa shape index (κ2) is 8.57. The molecule has 1 aliphatic rings. The van der Waals surface area contributed by atoms with Gasteiger partial charge in [0.15, 0.2) is 9.84 Å². The number of benzene rings is 2. The Bertz CT molecular complexity index is 991. The van der Waals surface area contributed by atoms with Gasteiger partial charge in [-0.05, 0) is 47.6 Å². The van der Waals surface area contributed by atoms with Crippen molar-refractivity contribution in [3.05, 3.63) is 54.1 Å². The van der Waals surface area contributed by atoms with E-state index in [2.05, 4.69) is 11.4 Å². The Morgan fingerprint density at radius 3 is 2.46 bits per heavy atom. The molecule has 1 N–H and O–H groups in total. The smallest absolute Gasteiger partial charge is 0.224 e. The number of amides is 1. The van der Waals surface area contributed by atoms with Gasteiger partial charge in [-0.3, -0.25) is 4.79 Å². The van der Waals surface area contributed by atoms with Crippen LogP contribution in [0.5, 0.6) is 0 Å². The van der Waals surface area contributed by atoms with Gasteiger partial charge >= 0.3 is 0 Å². The maximum Gasteiger partial charge on any atom is 0.224 e. The Morgan fingerprint density at radius 1 is 1.11 bits per heavy atom. The SMILES string of the molecule is CS(=O)(=O)c1ccc(-c2ccccc2C2CCCCC2C(=O)NCC#N)cc1. The minimum Gasteiger partial charge on any atom is -0.343 e. The van der Waals surface area contributed by atoms with Crippen LogP contribution in [0.1, 0.15) is 37.2 Å². The molecular formula is C22H24N2O3S. The quantitative estimate of drug-likeness (QED) is 0.781. The van der Waals surface area contributed by atoms with E-state index < -0.39 is 9.84 Å². The fraction of sp³-hybridized carbons (Fsp3) is 0.364. The lowest BCUT2D eigenvalue weighted by molar-refractivity contribution is -0.126. The van der Waals surface area contributed by atoms with E-state index in [9.17, 15) is 13.2 Å². The lowest BCUT2D eigenvalue weighted by Crippen LogP contribution is -2.36. The second-order valence-electron chi connectivity index (χ2n) is 7.26. The summed E-state index contributed by atoms with van der Waals surface area (Å²) in [6, 6.07) is 16.9. The van der Waals surface area contributed by atoms with E-state index in [0.717, 1.165) is 42.4 Å². The number of sulfone groups is 1. The Labute approximate surface area is 166 Å². The van der Waals surface area contributed by atoms with E-state index in [0.29, 0.717) is 4.90 Å². The first-order valence-electron chi connectivity index (χ1n) is 9.46. The fourth-order valence-electron chi connectivity index (χ4n) is 4.04. The highest BCUT2D eigenvalue weighted by atomic mass is 32.2. The first-order chi connectivity index (χ1) is 13.4. The van der Waals surface area contributed by atoms with Crippen LogP contribution in [0.2, 0.25) is 0 Å². The normalized spacial score (nSPS) is 19.6. The molecule has 146 valence electrons. The van der Waals surface area contributed by atoms with E-state index >= 15 is 0 Å². The molecule has 0 aliphatic heterocycles. The number of hydrogen-bond acceptors (Lipinski definition) is 4. The third-order valence-corrected chi connectivity index (χ3v) is 6.53. The van der Waals surface area contributed by atoms with Crippen LogP contribution in [0.25, 0.3) is 11.1 Å². The van der Waals surface area contributed by atoms with Gasteiger partial charge in [0.05, 0.1) is 11.0 Å². The first kappa shape index (κ1) is 20.1.